The minimum atomic E-state index is -0.0521. The van der Waals surface area contributed by atoms with E-state index in [1.807, 2.05) is 108 Å². The number of aromatic nitrogens is 2. The van der Waals surface area contributed by atoms with Crippen molar-refractivity contribution in [2.75, 3.05) is 5.32 Å². The first-order chi connectivity index (χ1) is 18.2. The number of amides is 1. The number of nitrogens with one attached hydrogen (secondary N) is 3. The van der Waals surface area contributed by atoms with Crippen LogP contribution in [0.2, 0.25) is 0 Å². The Labute approximate surface area is 221 Å². The summed E-state index contributed by atoms with van der Waals surface area (Å²) in [4.78, 5) is 27.6. The van der Waals surface area contributed by atoms with Gasteiger partial charge in [-0.2, -0.15) is 0 Å². The minimum absolute atomic E-state index is 0.0521. The monoisotopic (exact) mass is 499 g/mol. The largest absolute Gasteiger partial charge is 0.361 e. The Kier molecular flexibility index (Phi) is 15.2. The fourth-order valence-electron chi connectivity index (χ4n) is 3.41. The molecule has 3 heterocycles. The average Bonchev–Trinajstić information content (AvgIpc) is 3.46. The summed E-state index contributed by atoms with van der Waals surface area (Å²) in [6.07, 6.45) is 3.45. The van der Waals surface area contributed by atoms with Gasteiger partial charge >= 0.3 is 0 Å². The molecule has 6 rings (SSSR count). The topological polar surface area (TPSA) is 77.8 Å². The van der Waals surface area contributed by atoms with E-state index in [1.165, 1.54) is 22.5 Å². The Hall–Kier alpha value is -4.12. The number of anilines is 1. The molecule has 0 aliphatic carbocycles. The Morgan fingerprint density at radius 3 is 1.81 bits per heavy atom. The van der Waals surface area contributed by atoms with Crippen molar-refractivity contribution in [3.05, 3.63) is 113 Å². The lowest BCUT2D eigenvalue weighted by Gasteiger charge is -2.15. The van der Waals surface area contributed by atoms with Gasteiger partial charge in [0.25, 0.3) is 0 Å². The van der Waals surface area contributed by atoms with E-state index in [1.54, 1.807) is 0 Å². The zero-order valence-electron chi connectivity index (χ0n) is 23.0. The van der Waals surface area contributed by atoms with Gasteiger partial charge in [0.1, 0.15) is 0 Å². The highest BCUT2D eigenvalue weighted by Gasteiger charge is 2.12. The van der Waals surface area contributed by atoms with Crippen LogP contribution < -0.4 is 10.9 Å². The Balaban J connectivity index is 0.000000253. The van der Waals surface area contributed by atoms with Crippen LogP contribution in [0.15, 0.2) is 102 Å². The van der Waals surface area contributed by atoms with Crippen molar-refractivity contribution >= 4 is 33.4 Å². The predicted octanol–water partition coefficient (Wildman–Crippen LogP) is 8.35. The van der Waals surface area contributed by atoms with Crippen molar-refractivity contribution in [3.8, 4) is 0 Å². The van der Waals surface area contributed by atoms with E-state index in [-0.39, 0.29) is 11.5 Å². The van der Waals surface area contributed by atoms with Gasteiger partial charge in [0.15, 0.2) is 0 Å². The van der Waals surface area contributed by atoms with Crippen LogP contribution in [0.25, 0.3) is 21.8 Å². The molecule has 0 saturated carbocycles. The molecular weight excluding hydrogens is 458 g/mol. The quantitative estimate of drug-likeness (QED) is 0.200. The molecule has 0 atom stereocenters. The molecule has 196 valence electrons. The van der Waals surface area contributed by atoms with Crippen molar-refractivity contribution in [3.63, 3.8) is 0 Å². The zero-order chi connectivity index (χ0) is 27.5. The number of aryl methyl sites for hydroxylation is 1. The third kappa shape index (κ3) is 10.2. The third-order valence-corrected chi connectivity index (χ3v) is 5.01. The Morgan fingerprint density at radius 1 is 0.568 bits per heavy atom. The molecule has 0 bridgehead atoms. The molecule has 2 aromatic heterocycles. The van der Waals surface area contributed by atoms with Gasteiger partial charge < -0.3 is 15.3 Å². The molecule has 1 amide bonds. The lowest BCUT2D eigenvalue weighted by atomic mass is 10.0. The van der Waals surface area contributed by atoms with Crippen LogP contribution in [0.4, 0.5) is 5.69 Å². The van der Waals surface area contributed by atoms with Gasteiger partial charge in [-0.15, -0.1) is 0 Å². The molecule has 0 radical (unpaired) electrons. The summed E-state index contributed by atoms with van der Waals surface area (Å²) in [5.74, 6) is 0.128. The first-order valence-corrected chi connectivity index (χ1v) is 13.2. The van der Waals surface area contributed by atoms with E-state index in [4.69, 9.17) is 0 Å². The van der Waals surface area contributed by atoms with Crippen molar-refractivity contribution in [1.29, 1.82) is 0 Å². The number of carbonyl (C=O) groups excluding carboxylic acids is 1. The van der Waals surface area contributed by atoms with E-state index in [0.717, 1.165) is 23.0 Å². The first kappa shape index (κ1) is 30.9. The van der Waals surface area contributed by atoms with Gasteiger partial charge in [0, 0.05) is 35.4 Å². The average molecular weight is 500 g/mol. The number of hydrogen-bond acceptors (Lipinski definition) is 2. The molecule has 0 fully saturated rings. The summed E-state index contributed by atoms with van der Waals surface area (Å²) < 4.78 is 0. The van der Waals surface area contributed by atoms with Crippen LogP contribution in [0, 0.1) is 0 Å². The molecule has 37 heavy (non-hydrogen) atoms. The number of H-pyrrole nitrogens is 2. The molecule has 0 unspecified atom stereocenters. The standard InChI is InChI=1S/C9H9NO.C9H7NO.C8H7N.3C2H6/c2*11-9-6-5-7-3-1-2-4-8(7)10-9;1-2-4-8-7(3-1)5-6-9-8;3*1-2/h1-4H,5-6H2,(H,10,11);1-6H,(H,10,11);1-6,9H;3*1-2H3. The number of aromatic amines is 2. The molecule has 5 nitrogen and oxygen atoms in total. The van der Waals surface area contributed by atoms with Crippen molar-refractivity contribution in [1.82, 2.24) is 9.97 Å². The highest BCUT2D eigenvalue weighted by Crippen LogP contribution is 2.20. The second-order valence-corrected chi connectivity index (χ2v) is 7.18. The van der Waals surface area contributed by atoms with Gasteiger partial charge in [-0.25, -0.2) is 0 Å². The summed E-state index contributed by atoms with van der Waals surface area (Å²) in [5.41, 5.74) is 4.26. The lowest BCUT2D eigenvalue weighted by molar-refractivity contribution is -0.116. The van der Waals surface area contributed by atoms with E-state index < -0.39 is 0 Å². The molecule has 5 heteroatoms. The lowest BCUT2D eigenvalue weighted by Crippen LogP contribution is -2.18. The molecule has 1 aliphatic heterocycles. The van der Waals surface area contributed by atoms with E-state index >= 15 is 0 Å². The molecule has 1 aliphatic rings. The van der Waals surface area contributed by atoms with Gasteiger partial charge in [0.2, 0.25) is 11.5 Å². The van der Waals surface area contributed by atoms with Crippen LogP contribution in [-0.4, -0.2) is 15.9 Å². The summed E-state index contributed by atoms with van der Waals surface area (Å²) in [5, 5.41) is 5.16. The highest BCUT2D eigenvalue weighted by molar-refractivity contribution is 5.93. The molecular formula is C32H41N3O2. The molecule has 0 saturated heterocycles. The van der Waals surface area contributed by atoms with Crippen LogP contribution in [0.5, 0.6) is 0 Å². The second-order valence-electron chi connectivity index (χ2n) is 7.18. The smallest absolute Gasteiger partial charge is 0.248 e. The highest BCUT2D eigenvalue weighted by atomic mass is 16.1. The number of pyridine rings is 1. The maximum absolute atomic E-state index is 10.9. The maximum atomic E-state index is 10.9. The summed E-state index contributed by atoms with van der Waals surface area (Å²) in [6.45, 7) is 12.0. The number of para-hydroxylation sites is 3. The van der Waals surface area contributed by atoms with Gasteiger partial charge in [-0.1, -0.05) is 96.1 Å². The van der Waals surface area contributed by atoms with Crippen LogP contribution >= 0.6 is 0 Å². The molecule has 0 spiro atoms. The number of benzene rings is 3. The maximum Gasteiger partial charge on any atom is 0.248 e. The van der Waals surface area contributed by atoms with Crippen molar-refractivity contribution in [2.45, 2.75) is 54.4 Å². The SMILES string of the molecule is CC.CC.CC.O=C1CCc2ccccc2N1.O=c1ccc2ccccc2[nH]1.c1ccc2[nH]ccc2c1. The molecule has 3 aromatic carbocycles. The minimum Gasteiger partial charge on any atom is -0.361 e. The van der Waals surface area contributed by atoms with E-state index in [2.05, 4.69) is 39.6 Å². The molecule has 5 aromatic rings. The van der Waals surface area contributed by atoms with Crippen LogP contribution in [-0.2, 0) is 11.2 Å². The summed E-state index contributed by atoms with van der Waals surface area (Å²) >= 11 is 0. The van der Waals surface area contributed by atoms with Crippen molar-refractivity contribution < 1.29 is 4.79 Å². The van der Waals surface area contributed by atoms with Gasteiger partial charge in [-0.3, -0.25) is 9.59 Å². The summed E-state index contributed by atoms with van der Waals surface area (Å²) in [7, 11) is 0. The number of rotatable bonds is 0. The van der Waals surface area contributed by atoms with E-state index in [0.29, 0.717) is 6.42 Å². The fourth-order valence-corrected chi connectivity index (χ4v) is 3.41. The van der Waals surface area contributed by atoms with Gasteiger partial charge in [-0.05, 0) is 53.1 Å². The zero-order valence-corrected chi connectivity index (χ0v) is 23.0. The Morgan fingerprint density at radius 2 is 1.14 bits per heavy atom. The van der Waals surface area contributed by atoms with Crippen LogP contribution in [0.3, 0.4) is 0 Å². The number of fused-ring (bicyclic) bond motifs is 3. The number of carbonyl (C=O) groups is 1. The Bertz CT molecular complexity index is 1340. The summed E-state index contributed by atoms with van der Waals surface area (Å²) in [6, 6.07) is 29.2. The van der Waals surface area contributed by atoms with E-state index in [9.17, 15) is 9.59 Å². The fraction of sp³-hybridized carbons (Fsp3) is 0.250. The van der Waals surface area contributed by atoms with Crippen LogP contribution in [0.1, 0.15) is 53.5 Å². The molecule has 3 N–H and O–H groups in total. The number of hydrogen-bond donors (Lipinski definition) is 3. The first-order valence-electron chi connectivity index (χ1n) is 13.2. The van der Waals surface area contributed by atoms with Gasteiger partial charge in [0.05, 0.1) is 0 Å². The third-order valence-electron chi connectivity index (χ3n) is 5.01. The normalized spacial score (nSPS) is 10.6. The second kappa shape index (κ2) is 18.2. The van der Waals surface area contributed by atoms with Crippen molar-refractivity contribution in [2.24, 2.45) is 0 Å². The predicted molar refractivity (Wildman–Crippen MR) is 160 cm³/mol.